The number of carbonyl (C=O) groups is 2. The Hall–Kier alpha value is -2.74. The minimum absolute atomic E-state index is 0.104. The Kier molecular flexibility index (Phi) is 4.61. The fourth-order valence-electron chi connectivity index (χ4n) is 5.89. The first kappa shape index (κ1) is 19.2. The Morgan fingerprint density at radius 3 is 2.50 bits per heavy atom. The van der Waals surface area contributed by atoms with Gasteiger partial charge in [-0.05, 0) is 56.3 Å². The number of allylic oxidation sites excluding steroid dienone is 2. The van der Waals surface area contributed by atoms with Crippen molar-refractivity contribution < 1.29 is 14.5 Å². The van der Waals surface area contributed by atoms with Crippen LogP contribution in [0.4, 0.5) is 17.1 Å². The lowest BCUT2D eigenvalue weighted by Crippen LogP contribution is -2.35. The molecule has 2 aliphatic heterocycles. The molecule has 5 atom stereocenters. The zero-order valence-electron chi connectivity index (χ0n) is 17.0. The lowest BCUT2D eigenvalue weighted by atomic mass is 9.85. The van der Waals surface area contributed by atoms with Crippen LogP contribution in [-0.2, 0) is 9.59 Å². The molecule has 0 radical (unpaired) electrons. The van der Waals surface area contributed by atoms with Gasteiger partial charge in [0.05, 0.1) is 22.4 Å². The molecule has 0 unspecified atom stereocenters. The number of nitro groups is 1. The third-order valence-electron chi connectivity index (χ3n) is 7.34. The number of likely N-dealkylation sites (tertiary alicyclic amines) is 1. The van der Waals surface area contributed by atoms with E-state index >= 15 is 0 Å². The maximum atomic E-state index is 13.0. The number of imide groups is 1. The van der Waals surface area contributed by atoms with Gasteiger partial charge < -0.3 is 5.32 Å². The van der Waals surface area contributed by atoms with E-state index in [1.54, 1.807) is 12.1 Å². The van der Waals surface area contributed by atoms with Gasteiger partial charge in [0.15, 0.2) is 0 Å². The van der Waals surface area contributed by atoms with E-state index in [1.807, 2.05) is 12.2 Å². The number of carbonyl (C=O) groups excluding carboxylic acids is 2. The van der Waals surface area contributed by atoms with E-state index < -0.39 is 4.92 Å². The van der Waals surface area contributed by atoms with Crippen molar-refractivity contribution in [1.29, 1.82) is 0 Å². The smallest absolute Gasteiger partial charge is 0.294 e. The van der Waals surface area contributed by atoms with Crippen LogP contribution in [0, 0.1) is 33.8 Å². The molecule has 1 saturated carbocycles. The molecule has 5 rings (SSSR count). The summed E-state index contributed by atoms with van der Waals surface area (Å²) in [7, 11) is 0. The van der Waals surface area contributed by atoms with Crippen LogP contribution in [0.15, 0.2) is 30.4 Å². The molecular weight excluding hydrogens is 384 g/mol. The number of nitrogens with zero attached hydrogens (tertiary/aromatic N) is 3. The van der Waals surface area contributed by atoms with Crippen molar-refractivity contribution in [1.82, 2.24) is 4.90 Å². The number of nitro benzene ring substituents is 1. The number of likely N-dealkylation sites (N-methyl/N-ethyl adjacent to an activating group) is 1. The number of anilines is 2. The monoisotopic (exact) mass is 410 g/mol. The van der Waals surface area contributed by atoms with Crippen LogP contribution in [0.1, 0.15) is 26.2 Å². The summed E-state index contributed by atoms with van der Waals surface area (Å²) in [6.45, 7) is 4.78. The predicted molar refractivity (Wildman–Crippen MR) is 112 cm³/mol. The minimum atomic E-state index is -0.449. The van der Waals surface area contributed by atoms with Crippen molar-refractivity contribution >= 4 is 28.9 Å². The summed E-state index contributed by atoms with van der Waals surface area (Å²) in [6.07, 6.45) is 7.15. The van der Waals surface area contributed by atoms with Crippen molar-refractivity contribution in [3.63, 3.8) is 0 Å². The molecule has 2 bridgehead atoms. The Bertz CT molecular complexity index is 915. The summed E-state index contributed by atoms with van der Waals surface area (Å²) in [5, 5.41) is 15.0. The molecule has 8 nitrogen and oxygen atoms in total. The number of hydrogen-bond acceptors (Lipinski definition) is 6. The molecule has 0 aromatic heterocycles. The molecular formula is C22H26N4O4. The second-order valence-corrected chi connectivity index (χ2v) is 8.78. The number of fused-ring (bicyclic) bond motifs is 5. The molecule has 2 heterocycles. The van der Waals surface area contributed by atoms with E-state index in [0.29, 0.717) is 24.0 Å². The molecule has 8 heteroatoms. The number of amides is 2. The maximum Gasteiger partial charge on any atom is 0.294 e. The van der Waals surface area contributed by atoms with Crippen molar-refractivity contribution in [2.45, 2.75) is 32.2 Å². The van der Waals surface area contributed by atoms with E-state index in [0.717, 1.165) is 32.4 Å². The van der Waals surface area contributed by atoms with Crippen LogP contribution in [-0.4, -0.2) is 47.3 Å². The molecule has 1 aromatic carbocycles. The molecule has 158 valence electrons. The Morgan fingerprint density at radius 1 is 1.17 bits per heavy atom. The fraction of sp³-hybridized carbons (Fsp3) is 0.545. The lowest BCUT2D eigenvalue weighted by Gasteiger charge is -2.23. The van der Waals surface area contributed by atoms with Crippen molar-refractivity contribution in [2.24, 2.45) is 23.7 Å². The number of nitrogens with one attached hydrogen (secondary N) is 1. The largest absolute Gasteiger partial charge is 0.378 e. The van der Waals surface area contributed by atoms with Gasteiger partial charge in [0.25, 0.3) is 5.69 Å². The fourth-order valence-corrected chi connectivity index (χ4v) is 5.89. The summed E-state index contributed by atoms with van der Waals surface area (Å²) in [5.74, 6) is -0.836. The van der Waals surface area contributed by atoms with Crippen molar-refractivity contribution in [3.05, 3.63) is 40.5 Å². The van der Waals surface area contributed by atoms with Gasteiger partial charge in [-0.15, -0.1) is 0 Å². The number of rotatable bonds is 6. The van der Waals surface area contributed by atoms with Crippen LogP contribution < -0.4 is 10.2 Å². The van der Waals surface area contributed by atoms with Gasteiger partial charge in [0.2, 0.25) is 11.8 Å². The van der Waals surface area contributed by atoms with Gasteiger partial charge in [-0.2, -0.15) is 0 Å². The number of benzene rings is 1. The highest BCUT2D eigenvalue weighted by Gasteiger charge is 2.59. The second-order valence-electron chi connectivity index (χ2n) is 8.78. The van der Waals surface area contributed by atoms with Crippen LogP contribution in [0.2, 0.25) is 0 Å². The summed E-state index contributed by atoms with van der Waals surface area (Å²) in [6, 6.07) is 4.99. The quantitative estimate of drug-likeness (QED) is 0.335. The topological polar surface area (TPSA) is 95.8 Å². The van der Waals surface area contributed by atoms with E-state index in [9.17, 15) is 19.7 Å². The summed E-state index contributed by atoms with van der Waals surface area (Å²) < 4.78 is 0. The third kappa shape index (κ3) is 2.85. The van der Waals surface area contributed by atoms with Gasteiger partial charge >= 0.3 is 0 Å². The van der Waals surface area contributed by atoms with E-state index in [4.69, 9.17) is 0 Å². The molecule has 1 aromatic rings. The minimum Gasteiger partial charge on any atom is -0.378 e. The van der Waals surface area contributed by atoms with Crippen LogP contribution in [0.3, 0.4) is 0 Å². The van der Waals surface area contributed by atoms with Gasteiger partial charge in [-0.1, -0.05) is 19.1 Å². The van der Waals surface area contributed by atoms with Gasteiger partial charge in [0, 0.05) is 18.7 Å². The van der Waals surface area contributed by atoms with Crippen molar-refractivity contribution in [3.8, 4) is 0 Å². The SMILES string of the molecule is CCN1CCC[C@H]1CNc1ccc(N2C(=O)[C@@H]3[C@H](C2=O)[C@H]2C=C[C@H]3C2)cc1[N+](=O)[O-]. The molecule has 2 amide bonds. The standard InChI is InChI=1S/C22H26N4O4/c1-2-24-9-3-4-16(24)12-23-17-8-7-15(11-18(17)26(29)30)25-21(27)19-13-5-6-14(10-13)20(19)22(25)28/h5-8,11,13-14,16,19-20,23H,2-4,9-10,12H2,1H3/t13-,14-,16-,19-,20+/m0/s1. The van der Waals surface area contributed by atoms with Gasteiger partial charge in [-0.25, -0.2) is 4.90 Å². The highest BCUT2D eigenvalue weighted by atomic mass is 16.6. The highest BCUT2D eigenvalue weighted by molar-refractivity contribution is 6.23. The zero-order chi connectivity index (χ0) is 21.0. The molecule has 30 heavy (non-hydrogen) atoms. The predicted octanol–water partition coefficient (Wildman–Crippen LogP) is 2.80. The summed E-state index contributed by atoms with van der Waals surface area (Å²) in [4.78, 5) is 40.8. The second kappa shape index (κ2) is 7.19. The Morgan fingerprint density at radius 2 is 1.87 bits per heavy atom. The Labute approximate surface area is 175 Å². The van der Waals surface area contributed by atoms with Crippen LogP contribution in [0.25, 0.3) is 0 Å². The van der Waals surface area contributed by atoms with Crippen LogP contribution in [0.5, 0.6) is 0 Å². The summed E-state index contributed by atoms with van der Waals surface area (Å²) >= 11 is 0. The van der Waals surface area contributed by atoms with Crippen molar-refractivity contribution in [2.75, 3.05) is 29.9 Å². The molecule has 3 fully saturated rings. The van der Waals surface area contributed by atoms with Gasteiger partial charge in [-0.3, -0.25) is 24.6 Å². The van der Waals surface area contributed by atoms with E-state index in [1.165, 1.54) is 11.0 Å². The highest BCUT2D eigenvalue weighted by Crippen LogP contribution is 2.53. The first-order valence-electron chi connectivity index (χ1n) is 10.8. The van der Waals surface area contributed by atoms with Crippen LogP contribution >= 0.6 is 0 Å². The zero-order valence-corrected chi connectivity index (χ0v) is 17.0. The normalized spacial score (nSPS) is 32.3. The lowest BCUT2D eigenvalue weighted by molar-refractivity contribution is -0.383. The molecule has 4 aliphatic rings. The average Bonchev–Trinajstić information content (AvgIpc) is 3.50. The average molecular weight is 410 g/mol. The molecule has 2 saturated heterocycles. The maximum absolute atomic E-state index is 13.0. The molecule has 2 aliphatic carbocycles. The molecule has 1 N–H and O–H groups in total. The van der Waals surface area contributed by atoms with E-state index in [2.05, 4.69) is 17.1 Å². The molecule has 0 spiro atoms. The first-order valence-corrected chi connectivity index (χ1v) is 10.8. The summed E-state index contributed by atoms with van der Waals surface area (Å²) in [5.41, 5.74) is 0.618. The Balaban J connectivity index is 1.38. The third-order valence-corrected chi connectivity index (χ3v) is 7.34. The van der Waals surface area contributed by atoms with Gasteiger partial charge in [0.1, 0.15) is 5.69 Å². The van der Waals surface area contributed by atoms with E-state index in [-0.39, 0.29) is 41.2 Å². The first-order chi connectivity index (χ1) is 14.5. The number of hydrogen-bond donors (Lipinski definition) is 1.